The molecule has 0 amide bonds. The molecule has 0 radical (unpaired) electrons. The zero-order valence-electron chi connectivity index (χ0n) is 11.0. The molecule has 0 heterocycles. The van der Waals surface area contributed by atoms with Crippen molar-refractivity contribution in [3.63, 3.8) is 0 Å². The van der Waals surface area contributed by atoms with E-state index in [1.54, 1.807) is 0 Å². The van der Waals surface area contributed by atoms with Gasteiger partial charge in [0.05, 0.1) is 0 Å². The molecule has 0 aromatic heterocycles. The van der Waals surface area contributed by atoms with Crippen molar-refractivity contribution >= 4 is 0 Å². The highest BCUT2D eigenvalue weighted by atomic mass is 19.4. The predicted molar refractivity (Wildman–Crippen MR) is 59.1 cm³/mol. The standard InChI is InChI=1S/C13H16F6O2/c14-12(15,16)10(20)6-1-2-7-4-9(10)5-8(3-6)11(7,21)13(17,18)19/h6-9,20-21H,1-5H2/t6-,7-,8+,9+,10-,11+/m0/s1. The highest BCUT2D eigenvalue weighted by molar-refractivity contribution is 5.15. The molecule has 6 atom stereocenters. The first kappa shape index (κ1) is 15.4. The molecule has 4 saturated carbocycles. The van der Waals surface area contributed by atoms with Crippen molar-refractivity contribution in [1.29, 1.82) is 0 Å². The summed E-state index contributed by atoms with van der Waals surface area (Å²) in [5.41, 5.74) is -5.82. The molecule has 0 spiro atoms. The van der Waals surface area contributed by atoms with Crippen LogP contribution in [-0.2, 0) is 0 Å². The van der Waals surface area contributed by atoms with E-state index in [1.807, 2.05) is 0 Å². The number of hydrogen-bond donors (Lipinski definition) is 2. The van der Waals surface area contributed by atoms with Gasteiger partial charge in [-0.05, 0) is 55.8 Å². The maximum atomic E-state index is 13.3. The molecular formula is C13H16F6O2. The van der Waals surface area contributed by atoms with Gasteiger partial charge in [0.25, 0.3) is 0 Å². The van der Waals surface area contributed by atoms with Gasteiger partial charge in [-0.2, -0.15) is 26.3 Å². The normalized spacial score (nSPS) is 50.3. The Hall–Kier alpha value is -0.500. The third-order valence-corrected chi connectivity index (χ3v) is 5.97. The Balaban J connectivity index is 2.04. The lowest BCUT2D eigenvalue weighted by molar-refractivity contribution is -0.351. The van der Waals surface area contributed by atoms with Gasteiger partial charge in [-0.1, -0.05) is 0 Å². The van der Waals surface area contributed by atoms with Crippen LogP contribution in [0, 0.1) is 23.7 Å². The predicted octanol–water partition coefficient (Wildman–Crippen LogP) is 3.03. The Labute approximate surface area is 117 Å². The molecule has 8 heteroatoms. The van der Waals surface area contributed by atoms with Crippen molar-refractivity contribution < 1.29 is 36.6 Å². The molecule has 4 bridgehead atoms. The maximum Gasteiger partial charge on any atom is 0.417 e. The Morgan fingerprint density at radius 1 is 0.619 bits per heavy atom. The van der Waals surface area contributed by atoms with E-state index in [0.717, 1.165) is 0 Å². The Morgan fingerprint density at radius 2 is 0.905 bits per heavy atom. The molecule has 0 saturated heterocycles. The first-order chi connectivity index (χ1) is 9.42. The minimum Gasteiger partial charge on any atom is -0.380 e. The summed E-state index contributed by atoms with van der Waals surface area (Å²) in [6.45, 7) is 0. The van der Waals surface area contributed by atoms with E-state index in [9.17, 15) is 36.6 Å². The second kappa shape index (κ2) is 4.07. The average Bonchev–Trinajstić information content (AvgIpc) is 2.48. The van der Waals surface area contributed by atoms with Gasteiger partial charge in [0.1, 0.15) is 0 Å². The third kappa shape index (κ3) is 1.75. The molecular weight excluding hydrogens is 302 g/mol. The second-order valence-corrected chi connectivity index (χ2v) is 6.72. The summed E-state index contributed by atoms with van der Waals surface area (Å²) in [6.07, 6.45) is -11.3. The molecule has 0 aromatic carbocycles. The summed E-state index contributed by atoms with van der Waals surface area (Å²) >= 11 is 0. The lowest BCUT2D eigenvalue weighted by Gasteiger charge is -2.56. The molecule has 4 fully saturated rings. The lowest BCUT2D eigenvalue weighted by Crippen LogP contribution is -2.67. The Bertz CT molecular complexity index is 395. The number of fused-ring (bicyclic) bond motifs is 1. The molecule has 2 N–H and O–H groups in total. The van der Waals surface area contributed by atoms with Gasteiger partial charge >= 0.3 is 12.4 Å². The summed E-state index contributed by atoms with van der Waals surface area (Å²) < 4.78 is 79.6. The van der Waals surface area contributed by atoms with Crippen molar-refractivity contribution in [3.8, 4) is 0 Å². The molecule has 2 nitrogen and oxygen atoms in total. The van der Waals surface area contributed by atoms with Crippen molar-refractivity contribution in [2.75, 3.05) is 0 Å². The van der Waals surface area contributed by atoms with Crippen LogP contribution >= 0.6 is 0 Å². The minimum atomic E-state index is -4.85. The summed E-state index contributed by atoms with van der Waals surface area (Å²) in [7, 11) is 0. The zero-order chi connectivity index (χ0) is 15.8. The molecule has 4 aliphatic rings. The summed E-state index contributed by atoms with van der Waals surface area (Å²) in [6, 6.07) is 0. The minimum absolute atomic E-state index is 0.133. The van der Waals surface area contributed by atoms with Crippen molar-refractivity contribution in [3.05, 3.63) is 0 Å². The van der Waals surface area contributed by atoms with Gasteiger partial charge in [-0.15, -0.1) is 0 Å². The van der Waals surface area contributed by atoms with Crippen LogP contribution in [0.4, 0.5) is 26.3 Å². The first-order valence-electron chi connectivity index (χ1n) is 7.00. The summed E-state index contributed by atoms with van der Waals surface area (Å²) in [5, 5.41) is 20.4. The van der Waals surface area contributed by atoms with E-state index in [0.29, 0.717) is 0 Å². The summed E-state index contributed by atoms with van der Waals surface area (Å²) in [5.74, 6) is -5.03. The van der Waals surface area contributed by atoms with E-state index in [4.69, 9.17) is 0 Å². The van der Waals surface area contributed by atoms with Gasteiger partial charge < -0.3 is 10.2 Å². The van der Waals surface area contributed by atoms with E-state index in [1.165, 1.54) is 0 Å². The van der Waals surface area contributed by atoms with Crippen LogP contribution in [0.5, 0.6) is 0 Å². The summed E-state index contributed by atoms with van der Waals surface area (Å²) in [4.78, 5) is 0. The number of hydrogen-bond acceptors (Lipinski definition) is 2. The topological polar surface area (TPSA) is 40.5 Å². The van der Waals surface area contributed by atoms with Gasteiger partial charge in [-0.25, -0.2) is 0 Å². The van der Waals surface area contributed by atoms with E-state index < -0.39 is 66.5 Å². The third-order valence-electron chi connectivity index (χ3n) is 5.97. The average molecular weight is 318 g/mol. The van der Waals surface area contributed by atoms with E-state index in [2.05, 4.69) is 0 Å². The zero-order valence-corrected chi connectivity index (χ0v) is 11.0. The SMILES string of the molecule is O[C@]1(C(F)(F)F)[C@H]2C[C@H]3C[C@@H]1CC[C@@H](C2)[C@]3(O)C(F)(F)F. The quantitative estimate of drug-likeness (QED) is 0.674. The van der Waals surface area contributed by atoms with E-state index in [-0.39, 0.29) is 12.8 Å². The number of halogens is 6. The molecule has 0 aromatic rings. The van der Waals surface area contributed by atoms with Crippen LogP contribution in [-0.4, -0.2) is 33.8 Å². The largest absolute Gasteiger partial charge is 0.417 e. The second-order valence-electron chi connectivity index (χ2n) is 6.72. The fraction of sp³-hybridized carbons (Fsp3) is 1.00. The molecule has 4 rings (SSSR count). The highest BCUT2D eigenvalue weighted by Gasteiger charge is 2.74. The maximum absolute atomic E-state index is 13.3. The van der Waals surface area contributed by atoms with Gasteiger partial charge in [-0.3, -0.25) is 0 Å². The number of alkyl halides is 6. The number of rotatable bonds is 0. The Kier molecular flexibility index (Phi) is 2.98. The van der Waals surface area contributed by atoms with Crippen molar-refractivity contribution in [2.45, 2.75) is 55.7 Å². The van der Waals surface area contributed by atoms with Crippen LogP contribution in [0.2, 0.25) is 0 Å². The van der Waals surface area contributed by atoms with Crippen LogP contribution in [0.3, 0.4) is 0 Å². The van der Waals surface area contributed by atoms with Gasteiger partial charge in [0.15, 0.2) is 11.2 Å². The lowest BCUT2D eigenvalue weighted by atomic mass is 9.54. The van der Waals surface area contributed by atoms with Crippen molar-refractivity contribution in [2.24, 2.45) is 23.7 Å². The molecule has 4 aliphatic carbocycles. The molecule has 122 valence electrons. The smallest absolute Gasteiger partial charge is 0.380 e. The molecule has 21 heavy (non-hydrogen) atoms. The number of aliphatic hydroxyl groups is 2. The fourth-order valence-electron chi connectivity index (χ4n) is 4.97. The van der Waals surface area contributed by atoms with Gasteiger partial charge in [0, 0.05) is 0 Å². The van der Waals surface area contributed by atoms with Crippen LogP contribution in [0.15, 0.2) is 0 Å². The fourth-order valence-corrected chi connectivity index (χ4v) is 4.97. The monoisotopic (exact) mass is 318 g/mol. The molecule has 0 aliphatic heterocycles. The van der Waals surface area contributed by atoms with Gasteiger partial charge in [0.2, 0.25) is 0 Å². The highest BCUT2D eigenvalue weighted by Crippen LogP contribution is 2.65. The van der Waals surface area contributed by atoms with E-state index >= 15 is 0 Å². The van der Waals surface area contributed by atoms with Crippen LogP contribution in [0.1, 0.15) is 32.1 Å². The van der Waals surface area contributed by atoms with Crippen LogP contribution in [0.25, 0.3) is 0 Å². The first-order valence-corrected chi connectivity index (χ1v) is 7.00. The Morgan fingerprint density at radius 3 is 1.19 bits per heavy atom. The molecule has 0 unspecified atom stereocenters. The van der Waals surface area contributed by atoms with Crippen LogP contribution < -0.4 is 0 Å². The van der Waals surface area contributed by atoms with Crippen molar-refractivity contribution in [1.82, 2.24) is 0 Å².